The molecule has 0 saturated carbocycles. The highest BCUT2D eigenvalue weighted by molar-refractivity contribution is 7.92. The van der Waals surface area contributed by atoms with Crippen molar-refractivity contribution in [3.05, 3.63) is 90.0 Å². The van der Waals surface area contributed by atoms with Crippen LogP contribution >= 0.6 is 0 Å². The zero-order valence-corrected chi connectivity index (χ0v) is 24.5. The van der Waals surface area contributed by atoms with Gasteiger partial charge in [-0.3, -0.25) is 13.9 Å². The zero-order valence-electron chi connectivity index (χ0n) is 23.7. The molecule has 0 fully saturated rings. The number of nitrogens with one attached hydrogen (secondary N) is 1. The Hall–Kier alpha value is -3.85. The van der Waals surface area contributed by atoms with Gasteiger partial charge in [0.15, 0.2) is 0 Å². The number of benzene rings is 3. The molecular weight excluding hydrogens is 526 g/mol. The molecular formula is C31H39N3O5S. The van der Waals surface area contributed by atoms with Gasteiger partial charge < -0.3 is 15.0 Å². The lowest BCUT2D eigenvalue weighted by Gasteiger charge is -2.33. The Morgan fingerprint density at radius 2 is 1.65 bits per heavy atom. The second kappa shape index (κ2) is 14.5. The van der Waals surface area contributed by atoms with E-state index < -0.39 is 28.5 Å². The summed E-state index contributed by atoms with van der Waals surface area (Å²) in [6.07, 6.45) is 2.13. The summed E-state index contributed by atoms with van der Waals surface area (Å²) in [4.78, 5) is 28.9. The minimum absolute atomic E-state index is 0.0632. The van der Waals surface area contributed by atoms with Gasteiger partial charge in [0.2, 0.25) is 11.8 Å². The van der Waals surface area contributed by atoms with Crippen molar-refractivity contribution in [1.29, 1.82) is 0 Å². The molecule has 0 aromatic heterocycles. The number of amides is 2. The lowest BCUT2D eigenvalue weighted by atomic mass is 10.1. The van der Waals surface area contributed by atoms with Gasteiger partial charge in [0.05, 0.1) is 17.7 Å². The molecule has 1 atom stereocenters. The Balaban J connectivity index is 2.02. The van der Waals surface area contributed by atoms with Crippen molar-refractivity contribution in [2.45, 2.75) is 57.5 Å². The summed E-state index contributed by atoms with van der Waals surface area (Å²) in [6.45, 7) is 6.05. The first-order valence-corrected chi connectivity index (χ1v) is 15.0. The Bertz CT molecular complexity index is 1360. The average Bonchev–Trinajstić information content (AvgIpc) is 2.96. The fraction of sp³-hybridized carbons (Fsp3) is 0.355. The number of anilines is 1. The minimum Gasteiger partial charge on any atom is -0.497 e. The van der Waals surface area contributed by atoms with Crippen LogP contribution in [-0.2, 0) is 26.2 Å². The lowest BCUT2D eigenvalue weighted by molar-refractivity contribution is -0.140. The molecule has 0 radical (unpaired) electrons. The van der Waals surface area contributed by atoms with Gasteiger partial charge in [0, 0.05) is 13.1 Å². The summed E-state index contributed by atoms with van der Waals surface area (Å²) in [6, 6.07) is 21.5. The van der Waals surface area contributed by atoms with E-state index in [0.29, 0.717) is 24.4 Å². The number of unbranched alkanes of at least 4 members (excludes halogenated alkanes) is 1. The first-order valence-electron chi connectivity index (χ1n) is 13.6. The predicted molar refractivity (Wildman–Crippen MR) is 158 cm³/mol. The molecule has 2 amide bonds. The maximum Gasteiger partial charge on any atom is 0.264 e. The van der Waals surface area contributed by atoms with Gasteiger partial charge in [-0.15, -0.1) is 0 Å². The molecule has 0 heterocycles. The Kier molecular flexibility index (Phi) is 11.1. The molecule has 0 spiro atoms. The van der Waals surface area contributed by atoms with E-state index in [1.807, 2.05) is 45.0 Å². The van der Waals surface area contributed by atoms with Gasteiger partial charge in [-0.1, -0.05) is 68.3 Å². The first kappa shape index (κ1) is 30.7. The Labute approximate surface area is 238 Å². The number of methoxy groups -OCH3 is 1. The van der Waals surface area contributed by atoms with Crippen molar-refractivity contribution in [2.75, 3.05) is 24.5 Å². The van der Waals surface area contributed by atoms with Gasteiger partial charge in [-0.2, -0.15) is 0 Å². The fourth-order valence-corrected chi connectivity index (χ4v) is 5.86. The third-order valence-electron chi connectivity index (χ3n) is 6.62. The summed E-state index contributed by atoms with van der Waals surface area (Å²) >= 11 is 0. The molecule has 9 heteroatoms. The quantitative estimate of drug-likeness (QED) is 0.280. The summed E-state index contributed by atoms with van der Waals surface area (Å²) in [5, 5.41) is 2.94. The van der Waals surface area contributed by atoms with Crippen molar-refractivity contribution in [2.24, 2.45) is 0 Å². The van der Waals surface area contributed by atoms with Crippen molar-refractivity contribution in [3.63, 3.8) is 0 Å². The number of aryl methyl sites for hydroxylation is 1. The molecule has 3 aromatic rings. The average molecular weight is 566 g/mol. The zero-order chi connectivity index (χ0) is 29.1. The van der Waals surface area contributed by atoms with Crippen LogP contribution in [0.4, 0.5) is 5.69 Å². The van der Waals surface area contributed by atoms with E-state index in [9.17, 15) is 18.0 Å². The SMILES string of the molecule is CCCCNC(=O)C(CC)N(Cc1cccc(C)c1)C(=O)CN(c1ccc(OC)cc1)S(=O)(=O)c1ccccc1. The van der Waals surface area contributed by atoms with Crippen molar-refractivity contribution < 1.29 is 22.7 Å². The first-order chi connectivity index (χ1) is 19.2. The van der Waals surface area contributed by atoms with Crippen molar-refractivity contribution in [1.82, 2.24) is 10.2 Å². The normalized spacial score (nSPS) is 11.9. The van der Waals surface area contributed by atoms with Crippen LogP contribution in [0.1, 0.15) is 44.2 Å². The van der Waals surface area contributed by atoms with Crippen LogP contribution in [0.2, 0.25) is 0 Å². The van der Waals surface area contributed by atoms with Gasteiger partial charge in [0.25, 0.3) is 10.0 Å². The predicted octanol–water partition coefficient (Wildman–Crippen LogP) is 4.92. The monoisotopic (exact) mass is 565 g/mol. The van der Waals surface area contributed by atoms with Crippen LogP contribution in [0.25, 0.3) is 0 Å². The Morgan fingerprint density at radius 3 is 2.25 bits per heavy atom. The molecule has 8 nitrogen and oxygen atoms in total. The third-order valence-corrected chi connectivity index (χ3v) is 8.41. The molecule has 40 heavy (non-hydrogen) atoms. The number of nitrogens with zero attached hydrogens (tertiary/aromatic N) is 2. The van der Waals surface area contributed by atoms with Crippen molar-refractivity contribution >= 4 is 27.5 Å². The molecule has 3 rings (SSSR count). The highest BCUT2D eigenvalue weighted by atomic mass is 32.2. The number of ether oxygens (including phenoxy) is 1. The van der Waals surface area contributed by atoms with E-state index in [2.05, 4.69) is 5.32 Å². The van der Waals surface area contributed by atoms with E-state index in [-0.39, 0.29) is 17.3 Å². The molecule has 1 unspecified atom stereocenters. The number of hydrogen-bond acceptors (Lipinski definition) is 5. The summed E-state index contributed by atoms with van der Waals surface area (Å²) in [7, 11) is -2.58. The van der Waals surface area contributed by atoms with Gasteiger partial charge in [0.1, 0.15) is 18.3 Å². The number of carbonyl (C=O) groups excluding carboxylic acids is 2. The van der Waals surface area contributed by atoms with Crippen LogP contribution in [-0.4, -0.2) is 51.4 Å². The second-order valence-corrected chi connectivity index (χ2v) is 11.5. The van der Waals surface area contributed by atoms with Crippen LogP contribution < -0.4 is 14.4 Å². The summed E-state index contributed by atoms with van der Waals surface area (Å²) in [5.74, 6) is -0.170. The van der Waals surface area contributed by atoms with E-state index in [1.165, 1.54) is 24.1 Å². The molecule has 0 bridgehead atoms. The maximum absolute atomic E-state index is 14.1. The molecule has 214 valence electrons. The number of carbonyl (C=O) groups is 2. The van der Waals surface area contributed by atoms with Crippen LogP contribution in [0, 0.1) is 6.92 Å². The van der Waals surface area contributed by atoms with E-state index in [0.717, 1.165) is 28.3 Å². The highest BCUT2D eigenvalue weighted by Crippen LogP contribution is 2.26. The van der Waals surface area contributed by atoms with Crippen LogP contribution in [0.5, 0.6) is 5.75 Å². The largest absolute Gasteiger partial charge is 0.497 e. The van der Waals surface area contributed by atoms with E-state index >= 15 is 0 Å². The van der Waals surface area contributed by atoms with E-state index in [1.54, 1.807) is 42.5 Å². The minimum atomic E-state index is -4.11. The van der Waals surface area contributed by atoms with Gasteiger partial charge in [-0.25, -0.2) is 8.42 Å². The third kappa shape index (κ3) is 7.85. The second-order valence-electron chi connectivity index (χ2n) is 9.60. The molecule has 1 N–H and O–H groups in total. The maximum atomic E-state index is 14.1. The molecule has 3 aromatic carbocycles. The lowest BCUT2D eigenvalue weighted by Crippen LogP contribution is -2.52. The summed E-state index contributed by atoms with van der Waals surface area (Å²) in [5.41, 5.74) is 2.20. The Morgan fingerprint density at radius 1 is 0.950 bits per heavy atom. The highest BCUT2D eigenvalue weighted by Gasteiger charge is 2.33. The molecule has 0 aliphatic heterocycles. The van der Waals surface area contributed by atoms with Crippen LogP contribution in [0.15, 0.2) is 83.8 Å². The standard InChI is InChI=1S/C31H39N3O5S/c1-5-7-20-32-31(36)29(6-2)33(22-25-13-11-12-24(3)21-25)30(35)23-34(26-16-18-27(39-4)19-17-26)40(37,38)28-14-9-8-10-15-28/h8-19,21,29H,5-7,20,22-23H2,1-4H3,(H,32,36). The fourth-order valence-electron chi connectivity index (χ4n) is 4.43. The molecule has 0 aliphatic carbocycles. The number of hydrogen-bond donors (Lipinski definition) is 1. The van der Waals surface area contributed by atoms with Crippen LogP contribution in [0.3, 0.4) is 0 Å². The number of sulfonamides is 1. The van der Waals surface area contributed by atoms with Gasteiger partial charge >= 0.3 is 0 Å². The topological polar surface area (TPSA) is 96.0 Å². The van der Waals surface area contributed by atoms with E-state index in [4.69, 9.17) is 4.74 Å². The smallest absolute Gasteiger partial charge is 0.264 e. The van der Waals surface area contributed by atoms with Gasteiger partial charge in [-0.05, 0) is 61.7 Å². The summed E-state index contributed by atoms with van der Waals surface area (Å²) < 4.78 is 34.0. The molecule has 0 aliphatic rings. The molecule has 0 saturated heterocycles. The number of rotatable bonds is 14. The van der Waals surface area contributed by atoms with Crippen molar-refractivity contribution in [3.8, 4) is 5.75 Å².